The van der Waals surface area contributed by atoms with Crippen LogP contribution in [-0.2, 0) is 0 Å². The van der Waals surface area contributed by atoms with E-state index in [1.54, 1.807) is 0 Å². The Hall–Kier alpha value is -0.870. The predicted molar refractivity (Wildman–Crippen MR) is 84.6 cm³/mol. The highest BCUT2D eigenvalue weighted by atomic mass is 35.5. The SMILES string of the molecule is CCCN(CC)CCNc1nc(C2CC2)nc(Cl)c1C. The van der Waals surface area contributed by atoms with Crippen molar-refractivity contribution < 1.29 is 0 Å². The molecule has 112 valence electrons. The Morgan fingerprint density at radius 2 is 2.00 bits per heavy atom. The molecule has 4 nitrogen and oxygen atoms in total. The molecule has 1 heterocycles. The van der Waals surface area contributed by atoms with Crippen molar-refractivity contribution in [2.75, 3.05) is 31.5 Å². The van der Waals surface area contributed by atoms with Gasteiger partial charge in [0.15, 0.2) is 0 Å². The van der Waals surface area contributed by atoms with E-state index in [0.717, 1.165) is 43.4 Å². The molecule has 1 aliphatic carbocycles. The summed E-state index contributed by atoms with van der Waals surface area (Å²) in [6.07, 6.45) is 3.58. The monoisotopic (exact) mass is 296 g/mol. The van der Waals surface area contributed by atoms with Gasteiger partial charge in [0.2, 0.25) is 0 Å². The maximum atomic E-state index is 6.21. The molecule has 1 saturated carbocycles. The van der Waals surface area contributed by atoms with Crippen LogP contribution >= 0.6 is 11.6 Å². The summed E-state index contributed by atoms with van der Waals surface area (Å²) in [5, 5.41) is 4.01. The molecular formula is C15H25ClN4. The molecule has 1 aromatic rings. The van der Waals surface area contributed by atoms with E-state index in [1.165, 1.54) is 19.3 Å². The first kappa shape index (κ1) is 15.5. The topological polar surface area (TPSA) is 41.0 Å². The lowest BCUT2D eigenvalue weighted by Crippen LogP contribution is -2.30. The van der Waals surface area contributed by atoms with Gasteiger partial charge >= 0.3 is 0 Å². The van der Waals surface area contributed by atoms with Gasteiger partial charge in [0.25, 0.3) is 0 Å². The minimum atomic E-state index is 0.529. The molecular weight excluding hydrogens is 272 g/mol. The van der Waals surface area contributed by atoms with E-state index in [1.807, 2.05) is 6.92 Å². The van der Waals surface area contributed by atoms with Crippen molar-refractivity contribution >= 4 is 17.4 Å². The highest BCUT2D eigenvalue weighted by Gasteiger charge is 2.27. The van der Waals surface area contributed by atoms with E-state index in [-0.39, 0.29) is 0 Å². The van der Waals surface area contributed by atoms with E-state index in [4.69, 9.17) is 11.6 Å². The van der Waals surface area contributed by atoms with E-state index in [0.29, 0.717) is 11.1 Å². The number of rotatable bonds is 8. The first-order chi connectivity index (χ1) is 9.65. The summed E-state index contributed by atoms with van der Waals surface area (Å²) in [6, 6.07) is 0. The van der Waals surface area contributed by atoms with Gasteiger partial charge in [0, 0.05) is 24.6 Å². The fourth-order valence-corrected chi connectivity index (χ4v) is 2.45. The van der Waals surface area contributed by atoms with Gasteiger partial charge in [0.1, 0.15) is 16.8 Å². The highest BCUT2D eigenvalue weighted by molar-refractivity contribution is 6.30. The molecule has 0 aromatic carbocycles. The zero-order valence-corrected chi connectivity index (χ0v) is 13.5. The summed E-state index contributed by atoms with van der Waals surface area (Å²) >= 11 is 6.21. The third-order valence-corrected chi connectivity index (χ3v) is 4.12. The minimum absolute atomic E-state index is 0.529. The van der Waals surface area contributed by atoms with Crippen molar-refractivity contribution in [1.82, 2.24) is 14.9 Å². The number of halogens is 1. The standard InChI is InChI=1S/C15H25ClN4/c1-4-9-20(5-2)10-8-17-14-11(3)13(16)18-15(19-14)12-6-7-12/h12H,4-10H2,1-3H3,(H,17,18,19). The summed E-state index contributed by atoms with van der Waals surface area (Å²) in [5.41, 5.74) is 0.953. The molecule has 0 saturated heterocycles. The molecule has 0 unspecified atom stereocenters. The molecule has 0 spiro atoms. The smallest absolute Gasteiger partial charge is 0.137 e. The third-order valence-electron chi connectivity index (χ3n) is 3.75. The predicted octanol–water partition coefficient (Wildman–Crippen LogP) is 3.46. The van der Waals surface area contributed by atoms with Gasteiger partial charge in [-0.3, -0.25) is 0 Å². The van der Waals surface area contributed by atoms with Gasteiger partial charge < -0.3 is 10.2 Å². The Morgan fingerprint density at radius 3 is 2.60 bits per heavy atom. The van der Waals surface area contributed by atoms with Crippen molar-refractivity contribution in [2.45, 2.75) is 46.0 Å². The number of nitrogens with one attached hydrogen (secondary N) is 1. The van der Waals surface area contributed by atoms with Gasteiger partial charge in [-0.25, -0.2) is 9.97 Å². The van der Waals surface area contributed by atoms with Crippen LogP contribution in [0.2, 0.25) is 5.15 Å². The Morgan fingerprint density at radius 1 is 1.25 bits per heavy atom. The Balaban J connectivity index is 1.94. The average molecular weight is 297 g/mol. The summed E-state index contributed by atoms with van der Waals surface area (Å²) in [5.74, 6) is 2.34. The van der Waals surface area contributed by atoms with Crippen LogP contribution in [0.5, 0.6) is 0 Å². The maximum absolute atomic E-state index is 6.21. The van der Waals surface area contributed by atoms with E-state index in [9.17, 15) is 0 Å². The number of likely N-dealkylation sites (N-methyl/N-ethyl adjacent to an activating group) is 1. The Bertz CT molecular complexity index is 446. The van der Waals surface area contributed by atoms with Crippen molar-refractivity contribution in [3.8, 4) is 0 Å². The second-order valence-electron chi connectivity index (χ2n) is 5.48. The van der Waals surface area contributed by atoms with Crippen molar-refractivity contribution in [3.05, 3.63) is 16.5 Å². The van der Waals surface area contributed by atoms with Crippen LogP contribution in [0.3, 0.4) is 0 Å². The van der Waals surface area contributed by atoms with Gasteiger partial charge in [-0.2, -0.15) is 0 Å². The van der Waals surface area contributed by atoms with Crippen molar-refractivity contribution in [3.63, 3.8) is 0 Å². The minimum Gasteiger partial charge on any atom is -0.368 e. The lowest BCUT2D eigenvalue weighted by atomic mass is 10.3. The number of anilines is 1. The molecule has 0 radical (unpaired) electrons. The Kier molecular flexibility index (Phi) is 5.61. The molecule has 0 bridgehead atoms. The van der Waals surface area contributed by atoms with E-state index in [2.05, 4.69) is 34.0 Å². The normalized spacial score (nSPS) is 14.8. The largest absolute Gasteiger partial charge is 0.368 e. The zero-order chi connectivity index (χ0) is 14.5. The summed E-state index contributed by atoms with van der Waals surface area (Å²) in [4.78, 5) is 11.5. The first-order valence-corrected chi connectivity index (χ1v) is 8.03. The molecule has 0 amide bonds. The molecule has 20 heavy (non-hydrogen) atoms. The number of hydrogen-bond acceptors (Lipinski definition) is 4. The van der Waals surface area contributed by atoms with Crippen LogP contribution in [0.1, 0.15) is 50.4 Å². The van der Waals surface area contributed by atoms with Crippen molar-refractivity contribution in [1.29, 1.82) is 0 Å². The van der Waals surface area contributed by atoms with Crippen LogP contribution in [-0.4, -0.2) is 41.0 Å². The summed E-state index contributed by atoms with van der Waals surface area (Å²) in [7, 11) is 0. The van der Waals surface area contributed by atoms with Crippen LogP contribution in [0.4, 0.5) is 5.82 Å². The average Bonchev–Trinajstić information content (AvgIpc) is 3.26. The first-order valence-electron chi connectivity index (χ1n) is 7.66. The van der Waals surface area contributed by atoms with Gasteiger partial charge in [0.05, 0.1) is 0 Å². The number of hydrogen-bond donors (Lipinski definition) is 1. The molecule has 1 N–H and O–H groups in total. The van der Waals surface area contributed by atoms with Gasteiger partial charge in [-0.1, -0.05) is 25.4 Å². The molecule has 2 rings (SSSR count). The molecule has 5 heteroatoms. The van der Waals surface area contributed by atoms with Crippen molar-refractivity contribution in [2.24, 2.45) is 0 Å². The molecule has 0 atom stereocenters. The maximum Gasteiger partial charge on any atom is 0.137 e. The third kappa shape index (κ3) is 4.06. The number of nitrogens with zero attached hydrogens (tertiary/aromatic N) is 3. The van der Waals surface area contributed by atoms with Gasteiger partial charge in [-0.05, 0) is 39.3 Å². The fraction of sp³-hybridized carbons (Fsp3) is 0.733. The van der Waals surface area contributed by atoms with Crippen LogP contribution in [0.15, 0.2) is 0 Å². The Labute approximate surface area is 126 Å². The van der Waals surface area contributed by atoms with E-state index >= 15 is 0 Å². The molecule has 1 fully saturated rings. The molecule has 0 aliphatic heterocycles. The van der Waals surface area contributed by atoms with E-state index < -0.39 is 0 Å². The zero-order valence-electron chi connectivity index (χ0n) is 12.7. The summed E-state index contributed by atoms with van der Waals surface area (Å²) < 4.78 is 0. The molecule has 1 aromatic heterocycles. The fourth-order valence-electron chi connectivity index (χ4n) is 2.28. The van der Waals surface area contributed by atoms with Crippen LogP contribution in [0.25, 0.3) is 0 Å². The second-order valence-corrected chi connectivity index (χ2v) is 5.84. The summed E-state index contributed by atoms with van der Waals surface area (Å²) in [6.45, 7) is 10.6. The van der Waals surface area contributed by atoms with Crippen LogP contribution < -0.4 is 5.32 Å². The lowest BCUT2D eigenvalue weighted by Gasteiger charge is -2.20. The van der Waals surface area contributed by atoms with Crippen LogP contribution in [0, 0.1) is 6.92 Å². The second kappa shape index (κ2) is 7.23. The lowest BCUT2D eigenvalue weighted by molar-refractivity contribution is 0.300. The molecule has 1 aliphatic rings. The van der Waals surface area contributed by atoms with Gasteiger partial charge in [-0.15, -0.1) is 0 Å². The number of aromatic nitrogens is 2. The quantitative estimate of drug-likeness (QED) is 0.746. The highest BCUT2D eigenvalue weighted by Crippen LogP contribution is 2.39.